The first-order valence-corrected chi connectivity index (χ1v) is 4.20. The van der Waals surface area contributed by atoms with Gasteiger partial charge in [-0.05, 0) is 26.6 Å². The highest BCUT2D eigenvalue weighted by molar-refractivity contribution is 5.70. The molecule has 0 aliphatic rings. The monoisotopic (exact) mass is 177 g/mol. The molecule has 0 fully saturated rings. The SMILES string of the molecule is C=Nc1c(C(=C)N)ccn1C(C)C. The molecule has 70 valence electrons. The number of nitrogens with two attached hydrogens (primary N) is 1. The molecule has 1 rings (SSSR count). The summed E-state index contributed by atoms with van der Waals surface area (Å²) in [6.07, 6.45) is 1.95. The third-order valence-corrected chi connectivity index (χ3v) is 1.94. The van der Waals surface area contributed by atoms with E-state index < -0.39 is 0 Å². The van der Waals surface area contributed by atoms with Gasteiger partial charge in [0.15, 0.2) is 0 Å². The highest BCUT2D eigenvalue weighted by Gasteiger charge is 2.09. The van der Waals surface area contributed by atoms with Crippen LogP contribution in [0.15, 0.2) is 23.8 Å². The molecule has 1 aromatic rings. The van der Waals surface area contributed by atoms with Crippen LogP contribution in [0.5, 0.6) is 0 Å². The van der Waals surface area contributed by atoms with Gasteiger partial charge in [-0.25, -0.2) is 4.99 Å². The van der Waals surface area contributed by atoms with Gasteiger partial charge in [0.2, 0.25) is 0 Å². The third-order valence-electron chi connectivity index (χ3n) is 1.94. The van der Waals surface area contributed by atoms with Crippen LogP contribution < -0.4 is 5.73 Å². The number of aliphatic imine (C=N–C) groups is 1. The molecule has 0 saturated heterocycles. The number of hydrogen-bond acceptors (Lipinski definition) is 2. The van der Waals surface area contributed by atoms with Gasteiger partial charge in [-0.15, -0.1) is 0 Å². The lowest BCUT2D eigenvalue weighted by Crippen LogP contribution is -1.99. The Kier molecular flexibility index (Phi) is 2.56. The quantitative estimate of drug-likeness (QED) is 0.707. The molecule has 0 aliphatic heterocycles. The van der Waals surface area contributed by atoms with Gasteiger partial charge in [-0.3, -0.25) is 0 Å². The molecule has 13 heavy (non-hydrogen) atoms. The first-order chi connectivity index (χ1) is 6.07. The molecule has 1 aromatic heterocycles. The Morgan fingerprint density at radius 1 is 1.62 bits per heavy atom. The lowest BCUT2D eigenvalue weighted by atomic mass is 10.2. The van der Waals surface area contributed by atoms with Gasteiger partial charge in [-0.2, -0.15) is 0 Å². The maximum atomic E-state index is 5.61. The zero-order chi connectivity index (χ0) is 10.0. The molecule has 0 amide bonds. The lowest BCUT2D eigenvalue weighted by Gasteiger charge is -2.10. The highest BCUT2D eigenvalue weighted by Crippen LogP contribution is 2.27. The molecular formula is C10H15N3. The largest absolute Gasteiger partial charge is 0.399 e. The molecule has 0 aliphatic carbocycles. The molecule has 0 spiro atoms. The van der Waals surface area contributed by atoms with E-state index in [1.54, 1.807) is 0 Å². The smallest absolute Gasteiger partial charge is 0.141 e. The Balaban J connectivity index is 3.26. The molecule has 0 unspecified atom stereocenters. The van der Waals surface area contributed by atoms with Crippen LogP contribution in [-0.4, -0.2) is 11.3 Å². The van der Waals surface area contributed by atoms with E-state index in [9.17, 15) is 0 Å². The summed E-state index contributed by atoms with van der Waals surface area (Å²) in [7, 11) is 0. The predicted octanol–water partition coefficient (Wildman–Crippen LogP) is 2.33. The van der Waals surface area contributed by atoms with E-state index in [1.807, 2.05) is 16.8 Å². The van der Waals surface area contributed by atoms with Crippen molar-refractivity contribution in [2.45, 2.75) is 19.9 Å². The minimum atomic E-state index is 0.355. The average Bonchev–Trinajstić information content (AvgIpc) is 2.46. The Hall–Kier alpha value is -1.51. The van der Waals surface area contributed by atoms with Crippen molar-refractivity contribution < 1.29 is 0 Å². The summed E-state index contributed by atoms with van der Waals surface area (Å²) in [4.78, 5) is 3.95. The second-order valence-electron chi connectivity index (χ2n) is 3.24. The second kappa shape index (κ2) is 3.47. The minimum Gasteiger partial charge on any atom is -0.399 e. The maximum Gasteiger partial charge on any atom is 0.141 e. The topological polar surface area (TPSA) is 43.3 Å². The van der Waals surface area contributed by atoms with Crippen molar-refractivity contribution in [3.05, 3.63) is 24.4 Å². The van der Waals surface area contributed by atoms with Gasteiger partial charge >= 0.3 is 0 Å². The van der Waals surface area contributed by atoms with Crippen molar-refractivity contribution in [2.75, 3.05) is 0 Å². The normalized spacial score (nSPS) is 10.4. The molecular weight excluding hydrogens is 162 g/mol. The Labute approximate surface area is 78.6 Å². The van der Waals surface area contributed by atoms with Crippen molar-refractivity contribution in [1.29, 1.82) is 0 Å². The van der Waals surface area contributed by atoms with Crippen LogP contribution in [0.2, 0.25) is 0 Å². The first kappa shape index (κ1) is 9.58. The van der Waals surface area contributed by atoms with Crippen molar-refractivity contribution in [1.82, 2.24) is 4.57 Å². The zero-order valence-electron chi connectivity index (χ0n) is 8.12. The molecule has 0 aromatic carbocycles. The van der Waals surface area contributed by atoms with Crippen LogP contribution in [-0.2, 0) is 0 Å². The molecule has 3 heteroatoms. The van der Waals surface area contributed by atoms with Gasteiger partial charge in [-0.1, -0.05) is 6.58 Å². The van der Waals surface area contributed by atoms with Crippen LogP contribution >= 0.6 is 0 Å². The maximum absolute atomic E-state index is 5.61. The van der Waals surface area contributed by atoms with Gasteiger partial charge in [0.05, 0.1) is 0 Å². The molecule has 0 atom stereocenters. The third kappa shape index (κ3) is 1.64. The fraction of sp³-hybridized carbons (Fsp3) is 0.300. The van der Waals surface area contributed by atoms with E-state index in [2.05, 4.69) is 32.1 Å². The predicted molar refractivity (Wildman–Crippen MR) is 57.2 cm³/mol. The lowest BCUT2D eigenvalue weighted by molar-refractivity contribution is 0.608. The van der Waals surface area contributed by atoms with Crippen LogP contribution in [0, 0.1) is 0 Å². The van der Waals surface area contributed by atoms with Crippen molar-refractivity contribution >= 4 is 18.2 Å². The van der Waals surface area contributed by atoms with Crippen LogP contribution in [0.3, 0.4) is 0 Å². The fourth-order valence-corrected chi connectivity index (χ4v) is 1.27. The molecule has 0 radical (unpaired) electrons. The molecule has 1 heterocycles. The minimum absolute atomic E-state index is 0.355. The number of rotatable bonds is 3. The molecule has 3 nitrogen and oxygen atoms in total. The molecule has 2 N–H and O–H groups in total. The fourth-order valence-electron chi connectivity index (χ4n) is 1.27. The van der Waals surface area contributed by atoms with Crippen molar-refractivity contribution in [3.8, 4) is 0 Å². The number of nitrogens with zero attached hydrogens (tertiary/aromatic N) is 2. The van der Waals surface area contributed by atoms with E-state index in [0.717, 1.165) is 11.4 Å². The van der Waals surface area contributed by atoms with E-state index in [1.165, 1.54) is 0 Å². The van der Waals surface area contributed by atoms with E-state index >= 15 is 0 Å². The van der Waals surface area contributed by atoms with Crippen LogP contribution in [0.1, 0.15) is 25.5 Å². The standard InChI is InChI=1S/C10H15N3/c1-7(2)13-6-5-9(8(3)11)10(13)12-4/h5-7H,3-4,11H2,1-2H3. The highest BCUT2D eigenvalue weighted by atomic mass is 15.1. The summed E-state index contributed by atoms with van der Waals surface area (Å²) in [5.74, 6) is 0.794. The van der Waals surface area contributed by atoms with Crippen LogP contribution in [0.25, 0.3) is 5.70 Å². The summed E-state index contributed by atoms with van der Waals surface area (Å²) < 4.78 is 2.01. The summed E-state index contributed by atoms with van der Waals surface area (Å²) in [5, 5.41) is 0. The van der Waals surface area contributed by atoms with E-state index in [0.29, 0.717) is 11.7 Å². The van der Waals surface area contributed by atoms with Gasteiger partial charge < -0.3 is 10.3 Å². The summed E-state index contributed by atoms with van der Waals surface area (Å²) in [6, 6.07) is 2.26. The van der Waals surface area contributed by atoms with Gasteiger partial charge in [0.25, 0.3) is 0 Å². The number of hydrogen-bond donors (Lipinski definition) is 1. The van der Waals surface area contributed by atoms with Crippen LogP contribution in [0.4, 0.5) is 5.82 Å². The van der Waals surface area contributed by atoms with Crippen molar-refractivity contribution in [2.24, 2.45) is 10.7 Å². The zero-order valence-corrected chi connectivity index (χ0v) is 8.12. The first-order valence-electron chi connectivity index (χ1n) is 4.20. The second-order valence-corrected chi connectivity index (χ2v) is 3.24. The molecule has 0 saturated carbocycles. The summed E-state index contributed by atoms with van der Waals surface area (Å²) in [6.45, 7) is 11.4. The molecule has 0 bridgehead atoms. The van der Waals surface area contributed by atoms with E-state index in [4.69, 9.17) is 5.73 Å². The summed E-state index contributed by atoms with van der Waals surface area (Å²) in [5.41, 5.74) is 7.00. The van der Waals surface area contributed by atoms with Gasteiger partial charge in [0, 0.05) is 23.5 Å². The summed E-state index contributed by atoms with van der Waals surface area (Å²) >= 11 is 0. The van der Waals surface area contributed by atoms with Crippen molar-refractivity contribution in [3.63, 3.8) is 0 Å². The Morgan fingerprint density at radius 2 is 2.23 bits per heavy atom. The Morgan fingerprint density at radius 3 is 2.62 bits per heavy atom. The average molecular weight is 177 g/mol. The Bertz CT molecular complexity index is 334. The number of aromatic nitrogens is 1. The van der Waals surface area contributed by atoms with E-state index in [-0.39, 0.29) is 0 Å². The van der Waals surface area contributed by atoms with Gasteiger partial charge in [0.1, 0.15) is 5.82 Å².